The third kappa shape index (κ3) is 4.37. The van der Waals surface area contributed by atoms with Crippen molar-refractivity contribution >= 4 is 23.2 Å². The molecular weight excluding hydrogens is 304 g/mol. The van der Waals surface area contributed by atoms with Gasteiger partial charge in [0.15, 0.2) is 0 Å². The highest BCUT2D eigenvalue weighted by atomic mass is 32.1. The maximum absolute atomic E-state index is 12.0. The minimum atomic E-state index is -1.03. The number of thiophene rings is 1. The van der Waals surface area contributed by atoms with Gasteiger partial charge in [-0.1, -0.05) is 0 Å². The van der Waals surface area contributed by atoms with Gasteiger partial charge in [0.2, 0.25) is 0 Å². The third-order valence-corrected chi connectivity index (χ3v) is 3.59. The summed E-state index contributed by atoms with van der Waals surface area (Å²) in [5.41, 5.74) is 3.01. The molecule has 0 spiro atoms. The number of ether oxygens (including phenoxy) is 1. The quantitative estimate of drug-likeness (QED) is 0.761. The summed E-state index contributed by atoms with van der Waals surface area (Å²) < 4.78 is 4.85. The van der Waals surface area contributed by atoms with Gasteiger partial charge in [-0.05, 0) is 30.5 Å². The molecule has 0 aliphatic heterocycles. The molecule has 2 N–H and O–H groups in total. The molecular formula is C15H16N2O4S. The minimum Gasteiger partial charge on any atom is -0.480 e. The zero-order valence-corrected chi connectivity index (χ0v) is 12.9. The monoisotopic (exact) mass is 320 g/mol. The van der Waals surface area contributed by atoms with E-state index in [1.54, 1.807) is 24.3 Å². The van der Waals surface area contributed by atoms with Crippen LogP contribution in [-0.2, 0) is 9.53 Å². The molecule has 0 atom stereocenters. The summed E-state index contributed by atoms with van der Waals surface area (Å²) in [6.45, 7) is 1.81. The fraction of sp³-hybridized carbons (Fsp3) is 0.267. The van der Waals surface area contributed by atoms with Crippen LogP contribution in [0.5, 0.6) is 0 Å². The number of carboxylic acid groups (broad SMARTS) is 1. The van der Waals surface area contributed by atoms with E-state index in [-0.39, 0.29) is 25.7 Å². The number of amides is 1. The first-order chi connectivity index (χ1) is 10.6. The molecule has 2 heterocycles. The molecule has 7 heteroatoms. The molecule has 1 amide bonds. The number of carboxylic acids is 1. The molecule has 2 aromatic heterocycles. The maximum atomic E-state index is 12.0. The predicted octanol–water partition coefficient (Wildman–Crippen LogP) is 1.95. The molecule has 22 heavy (non-hydrogen) atoms. The Labute approximate surface area is 131 Å². The first kappa shape index (κ1) is 16.1. The van der Waals surface area contributed by atoms with Crippen LogP contribution in [0.4, 0.5) is 0 Å². The van der Waals surface area contributed by atoms with E-state index < -0.39 is 5.97 Å². The lowest BCUT2D eigenvalue weighted by Crippen LogP contribution is -2.28. The van der Waals surface area contributed by atoms with Crippen molar-refractivity contribution in [1.82, 2.24) is 10.3 Å². The van der Waals surface area contributed by atoms with E-state index >= 15 is 0 Å². The van der Waals surface area contributed by atoms with Gasteiger partial charge in [0.1, 0.15) is 6.61 Å². The first-order valence-electron chi connectivity index (χ1n) is 6.66. The second-order valence-corrected chi connectivity index (χ2v) is 5.32. The van der Waals surface area contributed by atoms with Gasteiger partial charge in [0.25, 0.3) is 5.91 Å². The number of hydrogen-bond acceptors (Lipinski definition) is 5. The molecule has 0 saturated carbocycles. The number of pyridine rings is 1. The average molecular weight is 320 g/mol. The summed E-state index contributed by atoms with van der Waals surface area (Å²) in [5.74, 6) is -1.28. The highest BCUT2D eigenvalue weighted by molar-refractivity contribution is 7.08. The van der Waals surface area contributed by atoms with Crippen molar-refractivity contribution in [3.63, 3.8) is 0 Å². The zero-order valence-electron chi connectivity index (χ0n) is 12.0. The summed E-state index contributed by atoms with van der Waals surface area (Å²) in [4.78, 5) is 26.8. The van der Waals surface area contributed by atoms with E-state index in [4.69, 9.17) is 9.84 Å². The van der Waals surface area contributed by atoms with Crippen LogP contribution in [0.25, 0.3) is 11.3 Å². The Morgan fingerprint density at radius 2 is 2.18 bits per heavy atom. The first-order valence-corrected chi connectivity index (χ1v) is 7.60. The molecule has 0 saturated heterocycles. The summed E-state index contributed by atoms with van der Waals surface area (Å²) >= 11 is 1.59. The number of carbonyl (C=O) groups excluding carboxylic acids is 1. The van der Waals surface area contributed by atoms with Crippen LogP contribution in [0.15, 0.2) is 29.0 Å². The van der Waals surface area contributed by atoms with Gasteiger partial charge in [-0.25, -0.2) is 4.79 Å². The largest absolute Gasteiger partial charge is 0.480 e. The Kier molecular flexibility index (Phi) is 5.62. The second-order valence-electron chi connectivity index (χ2n) is 4.54. The van der Waals surface area contributed by atoms with Gasteiger partial charge in [-0.15, -0.1) is 0 Å². The molecule has 2 rings (SSSR count). The van der Waals surface area contributed by atoms with Crippen molar-refractivity contribution in [3.05, 3.63) is 40.2 Å². The van der Waals surface area contributed by atoms with Crippen LogP contribution in [0, 0.1) is 6.92 Å². The summed E-state index contributed by atoms with van der Waals surface area (Å²) in [5, 5.41) is 15.1. The summed E-state index contributed by atoms with van der Waals surface area (Å²) in [7, 11) is 0. The van der Waals surface area contributed by atoms with Crippen molar-refractivity contribution in [2.24, 2.45) is 0 Å². The summed E-state index contributed by atoms with van der Waals surface area (Å²) in [6, 6.07) is 5.53. The second kappa shape index (κ2) is 7.67. The van der Waals surface area contributed by atoms with Crippen LogP contribution in [0.3, 0.4) is 0 Å². The standard InChI is InChI=1S/C15H16N2O4S/c1-10-12(15(20)16-5-6-21-8-14(18)19)2-3-13(17-10)11-4-7-22-9-11/h2-4,7,9H,5-6,8H2,1H3,(H,16,20)(H,18,19). The van der Waals surface area contributed by atoms with E-state index in [1.807, 2.05) is 22.9 Å². The number of aromatic nitrogens is 1. The molecule has 6 nitrogen and oxygen atoms in total. The number of aliphatic carboxylic acids is 1. The van der Waals surface area contributed by atoms with E-state index in [0.29, 0.717) is 11.3 Å². The normalized spacial score (nSPS) is 10.4. The Bertz CT molecular complexity index is 656. The van der Waals surface area contributed by atoms with Gasteiger partial charge in [-0.2, -0.15) is 11.3 Å². The lowest BCUT2D eigenvalue weighted by atomic mass is 10.1. The van der Waals surface area contributed by atoms with Crippen molar-refractivity contribution in [1.29, 1.82) is 0 Å². The van der Waals surface area contributed by atoms with Gasteiger partial charge in [-0.3, -0.25) is 9.78 Å². The number of rotatable bonds is 7. The number of aryl methyl sites for hydroxylation is 1. The topological polar surface area (TPSA) is 88.5 Å². The summed E-state index contributed by atoms with van der Waals surface area (Å²) in [6.07, 6.45) is 0. The minimum absolute atomic E-state index is 0.150. The Hall–Kier alpha value is -2.25. The van der Waals surface area contributed by atoms with Gasteiger partial charge < -0.3 is 15.2 Å². The maximum Gasteiger partial charge on any atom is 0.329 e. The molecule has 0 bridgehead atoms. The van der Waals surface area contributed by atoms with Crippen molar-refractivity contribution < 1.29 is 19.4 Å². The average Bonchev–Trinajstić information content (AvgIpc) is 3.00. The number of nitrogens with zero attached hydrogens (tertiary/aromatic N) is 1. The lowest BCUT2D eigenvalue weighted by Gasteiger charge is -2.08. The Morgan fingerprint density at radius 3 is 2.82 bits per heavy atom. The molecule has 0 fully saturated rings. The smallest absolute Gasteiger partial charge is 0.329 e. The third-order valence-electron chi connectivity index (χ3n) is 2.90. The van der Waals surface area contributed by atoms with Gasteiger partial charge in [0, 0.05) is 17.5 Å². The van der Waals surface area contributed by atoms with E-state index in [0.717, 1.165) is 11.3 Å². The van der Waals surface area contributed by atoms with Crippen molar-refractivity contribution in [2.45, 2.75) is 6.92 Å². The lowest BCUT2D eigenvalue weighted by molar-refractivity contribution is -0.142. The number of hydrogen-bond donors (Lipinski definition) is 2. The molecule has 0 unspecified atom stereocenters. The van der Waals surface area contributed by atoms with Gasteiger partial charge in [0.05, 0.1) is 23.6 Å². The van der Waals surface area contributed by atoms with Crippen LogP contribution < -0.4 is 5.32 Å². The molecule has 0 aliphatic rings. The van der Waals surface area contributed by atoms with Crippen LogP contribution in [-0.4, -0.2) is 41.7 Å². The molecule has 2 aromatic rings. The number of nitrogens with one attached hydrogen (secondary N) is 1. The van der Waals surface area contributed by atoms with Crippen LogP contribution >= 0.6 is 11.3 Å². The molecule has 0 aliphatic carbocycles. The number of carbonyl (C=O) groups is 2. The molecule has 116 valence electrons. The fourth-order valence-electron chi connectivity index (χ4n) is 1.86. The SMILES string of the molecule is Cc1nc(-c2ccsc2)ccc1C(=O)NCCOCC(=O)O. The van der Waals surface area contributed by atoms with Crippen molar-refractivity contribution in [3.8, 4) is 11.3 Å². The fourth-order valence-corrected chi connectivity index (χ4v) is 2.51. The zero-order chi connectivity index (χ0) is 15.9. The Balaban J connectivity index is 1.91. The van der Waals surface area contributed by atoms with Crippen molar-refractivity contribution in [2.75, 3.05) is 19.8 Å². The van der Waals surface area contributed by atoms with Gasteiger partial charge >= 0.3 is 5.97 Å². The van der Waals surface area contributed by atoms with Crippen LogP contribution in [0.2, 0.25) is 0 Å². The Morgan fingerprint density at radius 1 is 1.36 bits per heavy atom. The van der Waals surface area contributed by atoms with E-state index in [9.17, 15) is 9.59 Å². The van der Waals surface area contributed by atoms with E-state index in [1.165, 1.54) is 0 Å². The predicted molar refractivity (Wildman–Crippen MR) is 83.1 cm³/mol. The molecule has 0 aromatic carbocycles. The van der Waals surface area contributed by atoms with Crippen LogP contribution in [0.1, 0.15) is 16.1 Å². The van der Waals surface area contributed by atoms with E-state index in [2.05, 4.69) is 10.3 Å². The highest BCUT2D eigenvalue weighted by Gasteiger charge is 2.11. The molecule has 0 radical (unpaired) electrons. The highest BCUT2D eigenvalue weighted by Crippen LogP contribution is 2.21.